The first-order valence-electron chi connectivity index (χ1n) is 10.7. The van der Waals surface area contributed by atoms with E-state index in [0.29, 0.717) is 31.0 Å². The molecular weight excluding hydrogens is 436 g/mol. The summed E-state index contributed by atoms with van der Waals surface area (Å²) in [5.41, 5.74) is 4.67. The number of nitrogens with zero attached hydrogens (tertiary/aromatic N) is 3. The van der Waals surface area contributed by atoms with Crippen LogP contribution in [0.15, 0.2) is 71.8 Å². The Morgan fingerprint density at radius 2 is 1.76 bits per heavy atom. The molecule has 0 saturated carbocycles. The van der Waals surface area contributed by atoms with Gasteiger partial charge in [0, 0.05) is 44.0 Å². The number of carbonyl (C=O) groups excluding carboxylic acids is 1. The molecule has 2 aromatic heterocycles. The Bertz CT molecular complexity index is 1460. The zero-order valence-corrected chi connectivity index (χ0v) is 19.3. The molecule has 5 rings (SSSR count). The fraction of sp³-hybridized carbons (Fsp3) is 0.200. The summed E-state index contributed by atoms with van der Waals surface area (Å²) in [5.74, 6) is -0.326. The molecule has 8 heteroatoms. The first-order chi connectivity index (χ1) is 15.9. The summed E-state index contributed by atoms with van der Waals surface area (Å²) in [4.78, 5) is 17.5. The van der Waals surface area contributed by atoms with Gasteiger partial charge in [0.15, 0.2) is 0 Å². The number of carbonyl (C=O) groups is 1. The maximum atomic E-state index is 13.4. The van der Waals surface area contributed by atoms with Crippen LogP contribution >= 0.6 is 0 Å². The first kappa shape index (κ1) is 21.4. The Hall–Kier alpha value is -3.49. The molecule has 1 aliphatic rings. The Labute approximate surface area is 192 Å². The molecule has 168 valence electrons. The predicted octanol–water partition coefficient (Wildman–Crippen LogP) is 3.52. The summed E-state index contributed by atoms with van der Waals surface area (Å²) in [6, 6.07) is 18.8. The average Bonchev–Trinajstić information content (AvgIpc) is 3.40. The molecule has 33 heavy (non-hydrogen) atoms. The minimum absolute atomic E-state index is 0.164. The van der Waals surface area contributed by atoms with E-state index in [4.69, 9.17) is 0 Å². The molecule has 1 N–H and O–H groups in total. The largest absolute Gasteiger partial charge is 0.347 e. The van der Waals surface area contributed by atoms with Crippen LogP contribution in [0.4, 0.5) is 0 Å². The molecule has 0 radical (unpaired) electrons. The number of hydrogen-bond donors (Lipinski definition) is 1. The number of rotatable bonds is 5. The molecule has 0 unspecified atom stereocenters. The highest BCUT2D eigenvalue weighted by Gasteiger charge is 2.33. The molecular formula is C25H24N4O3S. The monoisotopic (exact) mass is 460 g/mol. The van der Waals surface area contributed by atoms with Gasteiger partial charge in [0.05, 0.1) is 5.52 Å². The number of fused-ring (bicyclic) bond motifs is 2. The van der Waals surface area contributed by atoms with Crippen molar-refractivity contribution in [1.82, 2.24) is 19.2 Å². The van der Waals surface area contributed by atoms with E-state index in [9.17, 15) is 13.2 Å². The summed E-state index contributed by atoms with van der Waals surface area (Å²) < 4.78 is 29.9. The van der Waals surface area contributed by atoms with E-state index in [-0.39, 0.29) is 10.8 Å². The third-order valence-corrected chi connectivity index (χ3v) is 8.23. The summed E-state index contributed by atoms with van der Waals surface area (Å²) in [6.45, 7) is 2.71. The lowest BCUT2D eigenvalue weighted by Gasteiger charge is -2.15. The lowest BCUT2D eigenvalue weighted by atomic mass is 10.1. The van der Waals surface area contributed by atoms with E-state index in [1.807, 2.05) is 54.6 Å². The molecule has 0 aliphatic carbocycles. The second-order valence-corrected chi connectivity index (χ2v) is 10.2. The van der Waals surface area contributed by atoms with Crippen molar-refractivity contribution in [1.29, 1.82) is 0 Å². The van der Waals surface area contributed by atoms with Gasteiger partial charge in [-0.05, 0) is 41.8 Å². The lowest BCUT2D eigenvalue weighted by Crippen LogP contribution is -2.26. The van der Waals surface area contributed by atoms with E-state index in [0.717, 1.165) is 27.6 Å². The number of benzene rings is 2. The smallest absolute Gasteiger partial charge is 0.268 e. The Morgan fingerprint density at radius 3 is 2.48 bits per heavy atom. The van der Waals surface area contributed by atoms with Gasteiger partial charge in [-0.1, -0.05) is 42.5 Å². The summed E-state index contributed by atoms with van der Waals surface area (Å²) in [7, 11) is -2.03. The highest BCUT2D eigenvalue weighted by atomic mass is 32.2. The minimum Gasteiger partial charge on any atom is -0.347 e. The maximum Gasteiger partial charge on any atom is 0.268 e. The molecule has 1 amide bonds. The van der Waals surface area contributed by atoms with Crippen LogP contribution in [0, 0.1) is 6.92 Å². The van der Waals surface area contributed by atoms with Gasteiger partial charge < -0.3 is 9.88 Å². The van der Waals surface area contributed by atoms with Crippen LogP contribution in [0.3, 0.4) is 0 Å². The molecule has 0 spiro atoms. The Balaban J connectivity index is 1.39. The highest BCUT2D eigenvalue weighted by molar-refractivity contribution is 7.89. The SMILES string of the molecule is Cc1c(S(=O)(=O)N2Cc3ccccc3C2)cc(C(=O)NCc2cccc3ncccc23)n1C. The van der Waals surface area contributed by atoms with Gasteiger partial charge in [0.25, 0.3) is 5.91 Å². The van der Waals surface area contributed by atoms with Crippen molar-refractivity contribution in [2.75, 3.05) is 0 Å². The van der Waals surface area contributed by atoms with Crippen LogP contribution in [-0.4, -0.2) is 28.2 Å². The maximum absolute atomic E-state index is 13.4. The third kappa shape index (κ3) is 3.71. The van der Waals surface area contributed by atoms with Crippen molar-refractivity contribution in [2.45, 2.75) is 31.5 Å². The quantitative estimate of drug-likeness (QED) is 0.494. The molecule has 7 nitrogen and oxygen atoms in total. The molecule has 0 bridgehead atoms. The second-order valence-electron chi connectivity index (χ2n) is 8.25. The number of amides is 1. The normalized spacial score (nSPS) is 13.9. The van der Waals surface area contributed by atoms with Crippen LogP contribution in [0.5, 0.6) is 0 Å². The van der Waals surface area contributed by atoms with Crippen LogP contribution in [0.1, 0.15) is 32.9 Å². The fourth-order valence-electron chi connectivity index (χ4n) is 4.35. The van der Waals surface area contributed by atoms with E-state index in [2.05, 4.69) is 10.3 Å². The average molecular weight is 461 g/mol. The number of sulfonamides is 1. The molecule has 4 aromatic rings. The van der Waals surface area contributed by atoms with Gasteiger partial charge in [-0.25, -0.2) is 8.42 Å². The van der Waals surface area contributed by atoms with E-state index < -0.39 is 10.0 Å². The van der Waals surface area contributed by atoms with Crippen LogP contribution < -0.4 is 5.32 Å². The molecule has 1 aliphatic heterocycles. The van der Waals surface area contributed by atoms with E-state index >= 15 is 0 Å². The highest BCUT2D eigenvalue weighted by Crippen LogP contribution is 2.31. The molecule has 0 saturated heterocycles. The number of aromatic nitrogens is 2. The zero-order valence-electron chi connectivity index (χ0n) is 18.4. The van der Waals surface area contributed by atoms with Crippen LogP contribution in [0.25, 0.3) is 10.9 Å². The standard InChI is InChI=1S/C25H24N4O3S/c1-17-24(33(31,32)29-15-19-7-3-4-8-20(19)16-29)13-23(28(17)2)25(30)27-14-18-9-5-11-22-21(18)10-6-12-26-22/h3-13H,14-16H2,1-2H3,(H,27,30). The molecule has 0 atom stereocenters. The second kappa shape index (κ2) is 8.13. The van der Waals surface area contributed by atoms with Crippen molar-refractivity contribution >= 4 is 26.8 Å². The minimum atomic E-state index is -3.74. The summed E-state index contributed by atoms with van der Waals surface area (Å²) in [5, 5.41) is 3.90. The van der Waals surface area contributed by atoms with Gasteiger partial charge in [0.2, 0.25) is 10.0 Å². The topological polar surface area (TPSA) is 84.3 Å². The van der Waals surface area contributed by atoms with Gasteiger partial charge in [-0.2, -0.15) is 4.31 Å². The number of hydrogen-bond acceptors (Lipinski definition) is 4. The van der Waals surface area contributed by atoms with Crippen molar-refractivity contribution in [3.63, 3.8) is 0 Å². The van der Waals surface area contributed by atoms with E-state index in [1.165, 1.54) is 10.4 Å². The Morgan fingerprint density at radius 1 is 1.03 bits per heavy atom. The van der Waals surface area contributed by atoms with Gasteiger partial charge in [0.1, 0.15) is 10.6 Å². The number of pyridine rings is 1. The number of nitrogens with one attached hydrogen (secondary N) is 1. The zero-order chi connectivity index (χ0) is 23.2. The van der Waals surface area contributed by atoms with Crippen molar-refractivity contribution in [3.8, 4) is 0 Å². The van der Waals surface area contributed by atoms with Gasteiger partial charge >= 0.3 is 0 Å². The van der Waals surface area contributed by atoms with Crippen molar-refractivity contribution < 1.29 is 13.2 Å². The molecule has 3 heterocycles. The summed E-state index contributed by atoms with van der Waals surface area (Å²) in [6.07, 6.45) is 1.73. The predicted molar refractivity (Wildman–Crippen MR) is 126 cm³/mol. The lowest BCUT2D eigenvalue weighted by molar-refractivity contribution is 0.0942. The van der Waals surface area contributed by atoms with Crippen molar-refractivity contribution in [3.05, 3.63) is 94.9 Å². The van der Waals surface area contributed by atoms with Crippen LogP contribution in [-0.2, 0) is 36.7 Å². The Kier molecular flexibility index (Phi) is 5.26. The van der Waals surface area contributed by atoms with Gasteiger partial charge in [-0.15, -0.1) is 0 Å². The van der Waals surface area contributed by atoms with Crippen LogP contribution in [0.2, 0.25) is 0 Å². The fourth-order valence-corrected chi connectivity index (χ4v) is 6.02. The summed E-state index contributed by atoms with van der Waals surface area (Å²) >= 11 is 0. The molecule has 0 fully saturated rings. The van der Waals surface area contributed by atoms with Crippen molar-refractivity contribution in [2.24, 2.45) is 7.05 Å². The van der Waals surface area contributed by atoms with Gasteiger partial charge in [-0.3, -0.25) is 9.78 Å². The molecule has 2 aromatic carbocycles. The first-order valence-corrected chi connectivity index (χ1v) is 12.1. The van der Waals surface area contributed by atoms with E-state index in [1.54, 1.807) is 24.7 Å². The third-order valence-electron chi connectivity index (χ3n) is 6.33.